The normalized spacial score (nSPS) is 11.5. The van der Waals surface area contributed by atoms with E-state index in [2.05, 4.69) is 5.32 Å². The summed E-state index contributed by atoms with van der Waals surface area (Å²) in [5.74, 6) is 0.434. The van der Waals surface area contributed by atoms with Crippen molar-refractivity contribution < 1.29 is 23.5 Å². The van der Waals surface area contributed by atoms with Crippen LogP contribution in [0.5, 0.6) is 0 Å². The van der Waals surface area contributed by atoms with Crippen molar-refractivity contribution in [1.82, 2.24) is 0 Å². The third-order valence-corrected chi connectivity index (χ3v) is 4.53. The molecule has 1 N–H and O–H groups in total. The predicted octanol–water partition coefficient (Wildman–Crippen LogP) is 4.65. The van der Waals surface area contributed by atoms with Crippen LogP contribution in [0.1, 0.15) is 36.4 Å². The van der Waals surface area contributed by atoms with Gasteiger partial charge in [0.05, 0.1) is 6.42 Å². The van der Waals surface area contributed by atoms with Crippen LogP contribution in [0.2, 0.25) is 0 Å². The molecule has 2 aromatic carbocycles. The van der Waals surface area contributed by atoms with Crippen LogP contribution in [0.3, 0.4) is 0 Å². The second kappa shape index (κ2) is 9.69. The second-order valence-electron chi connectivity index (χ2n) is 6.89. The van der Waals surface area contributed by atoms with E-state index in [9.17, 15) is 14.4 Å². The molecule has 0 saturated heterocycles. The number of carbonyl (C=O) groups excluding carboxylic acids is 3. The molecule has 0 saturated carbocycles. The molecule has 1 aromatic heterocycles. The number of esters is 1. The molecule has 0 aliphatic carbocycles. The molecule has 0 fully saturated rings. The van der Waals surface area contributed by atoms with Crippen molar-refractivity contribution in [2.45, 2.75) is 32.8 Å². The van der Waals surface area contributed by atoms with Crippen molar-refractivity contribution in [2.24, 2.45) is 0 Å². The third-order valence-electron chi connectivity index (χ3n) is 4.53. The fourth-order valence-electron chi connectivity index (χ4n) is 2.84. The number of hydrogen-bond acceptors (Lipinski definition) is 5. The molecule has 1 amide bonds. The Balaban J connectivity index is 1.46. The minimum absolute atomic E-state index is 0.0531. The molecule has 0 radical (unpaired) electrons. The van der Waals surface area contributed by atoms with Crippen LogP contribution in [0.15, 0.2) is 71.1 Å². The SMILES string of the molecule is CC(=O)c1ccc(NC(=O)C(C)OC(=O)CCc2ccc(-c3ccccc3)o2)cc1. The lowest BCUT2D eigenvalue weighted by Gasteiger charge is -2.13. The van der Waals surface area contributed by atoms with Crippen molar-refractivity contribution >= 4 is 23.3 Å². The summed E-state index contributed by atoms with van der Waals surface area (Å²) in [4.78, 5) is 35.6. The first-order valence-electron chi connectivity index (χ1n) is 9.68. The lowest BCUT2D eigenvalue weighted by molar-refractivity contribution is -0.153. The number of furan rings is 1. The van der Waals surface area contributed by atoms with Gasteiger partial charge in [-0.3, -0.25) is 14.4 Å². The molecule has 3 aromatic rings. The maximum Gasteiger partial charge on any atom is 0.307 e. The summed E-state index contributed by atoms with van der Waals surface area (Å²) in [6, 6.07) is 19.9. The summed E-state index contributed by atoms with van der Waals surface area (Å²) in [6.45, 7) is 2.98. The van der Waals surface area contributed by atoms with Gasteiger partial charge in [0.25, 0.3) is 5.91 Å². The van der Waals surface area contributed by atoms with E-state index in [1.165, 1.54) is 13.8 Å². The number of benzene rings is 2. The average Bonchev–Trinajstić information content (AvgIpc) is 3.22. The van der Waals surface area contributed by atoms with Crippen molar-refractivity contribution in [3.05, 3.63) is 78.1 Å². The first kappa shape index (κ1) is 21.0. The van der Waals surface area contributed by atoms with Gasteiger partial charge in [0.1, 0.15) is 11.5 Å². The van der Waals surface area contributed by atoms with Gasteiger partial charge < -0.3 is 14.5 Å². The zero-order valence-electron chi connectivity index (χ0n) is 16.9. The van der Waals surface area contributed by atoms with E-state index in [1.54, 1.807) is 24.3 Å². The number of aryl methyl sites for hydroxylation is 1. The Kier molecular flexibility index (Phi) is 6.80. The molecule has 6 nitrogen and oxygen atoms in total. The highest BCUT2D eigenvalue weighted by atomic mass is 16.5. The van der Waals surface area contributed by atoms with E-state index in [-0.39, 0.29) is 12.2 Å². The predicted molar refractivity (Wildman–Crippen MR) is 113 cm³/mol. The van der Waals surface area contributed by atoms with Crippen LogP contribution in [0, 0.1) is 0 Å². The number of hydrogen-bond donors (Lipinski definition) is 1. The molecule has 154 valence electrons. The van der Waals surface area contributed by atoms with Crippen LogP contribution in [-0.2, 0) is 20.7 Å². The van der Waals surface area contributed by atoms with Crippen molar-refractivity contribution in [3.8, 4) is 11.3 Å². The summed E-state index contributed by atoms with van der Waals surface area (Å²) in [5, 5.41) is 2.66. The van der Waals surface area contributed by atoms with Crippen molar-refractivity contribution in [3.63, 3.8) is 0 Å². The van der Waals surface area contributed by atoms with Crippen LogP contribution in [-0.4, -0.2) is 23.8 Å². The molecule has 30 heavy (non-hydrogen) atoms. The minimum Gasteiger partial charge on any atom is -0.461 e. The molecule has 0 aliphatic rings. The molecule has 0 spiro atoms. The number of carbonyl (C=O) groups is 3. The summed E-state index contributed by atoms with van der Waals surface area (Å²) < 4.78 is 11.0. The van der Waals surface area contributed by atoms with Gasteiger partial charge in [0, 0.05) is 23.2 Å². The van der Waals surface area contributed by atoms with Gasteiger partial charge in [-0.15, -0.1) is 0 Å². The highest BCUT2D eigenvalue weighted by Crippen LogP contribution is 2.22. The largest absolute Gasteiger partial charge is 0.461 e. The Morgan fingerprint density at radius 3 is 2.33 bits per heavy atom. The quantitative estimate of drug-likeness (QED) is 0.435. The van der Waals surface area contributed by atoms with Crippen molar-refractivity contribution in [2.75, 3.05) is 5.32 Å². The number of anilines is 1. The zero-order chi connectivity index (χ0) is 21.5. The molecular weight excluding hydrogens is 382 g/mol. The van der Waals surface area contributed by atoms with Gasteiger partial charge in [0.15, 0.2) is 11.9 Å². The Morgan fingerprint density at radius 2 is 1.67 bits per heavy atom. The van der Waals surface area contributed by atoms with E-state index >= 15 is 0 Å². The van der Waals surface area contributed by atoms with Gasteiger partial charge in [-0.2, -0.15) is 0 Å². The maximum absolute atomic E-state index is 12.2. The Bertz CT molecular complexity index is 1020. The lowest BCUT2D eigenvalue weighted by atomic mass is 10.1. The lowest BCUT2D eigenvalue weighted by Crippen LogP contribution is -2.30. The molecule has 3 rings (SSSR count). The van der Waals surface area contributed by atoms with Gasteiger partial charge in [-0.05, 0) is 50.2 Å². The first-order chi connectivity index (χ1) is 14.4. The summed E-state index contributed by atoms with van der Waals surface area (Å²) >= 11 is 0. The molecule has 0 bridgehead atoms. The fourth-order valence-corrected chi connectivity index (χ4v) is 2.84. The average molecular weight is 405 g/mol. The van der Waals surface area contributed by atoms with Crippen molar-refractivity contribution in [1.29, 1.82) is 0 Å². The summed E-state index contributed by atoms with van der Waals surface area (Å²) in [5.41, 5.74) is 2.05. The Morgan fingerprint density at radius 1 is 0.967 bits per heavy atom. The highest BCUT2D eigenvalue weighted by molar-refractivity contribution is 5.97. The maximum atomic E-state index is 12.2. The van der Waals surface area contributed by atoms with Gasteiger partial charge in [0.2, 0.25) is 0 Å². The summed E-state index contributed by atoms with van der Waals surface area (Å²) in [7, 11) is 0. The molecule has 1 unspecified atom stereocenters. The number of amides is 1. The molecular formula is C24H23NO5. The molecule has 6 heteroatoms. The van der Waals surface area contributed by atoms with Crippen LogP contribution >= 0.6 is 0 Å². The second-order valence-corrected chi connectivity index (χ2v) is 6.89. The van der Waals surface area contributed by atoms with Crippen LogP contribution in [0.4, 0.5) is 5.69 Å². The monoisotopic (exact) mass is 405 g/mol. The van der Waals surface area contributed by atoms with E-state index in [1.807, 2.05) is 42.5 Å². The highest BCUT2D eigenvalue weighted by Gasteiger charge is 2.18. The Hall–Kier alpha value is -3.67. The minimum atomic E-state index is -0.943. The topological polar surface area (TPSA) is 85.6 Å². The fraction of sp³-hybridized carbons (Fsp3) is 0.208. The summed E-state index contributed by atoms with van der Waals surface area (Å²) in [6.07, 6.45) is -0.458. The van der Waals surface area contributed by atoms with Gasteiger partial charge >= 0.3 is 5.97 Å². The van der Waals surface area contributed by atoms with E-state index in [0.29, 0.717) is 23.4 Å². The molecule has 1 heterocycles. The Labute approximate surface area is 174 Å². The van der Waals surface area contributed by atoms with E-state index in [0.717, 1.165) is 11.3 Å². The number of ketones is 1. The van der Waals surface area contributed by atoms with Gasteiger partial charge in [-0.25, -0.2) is 0 Å². The van der Waals surface area contributed by atoms with E-state index in [4.69, 9.17) is 9.15 Å². The number of rotatable bonds is 8. The van der Waals surface area contributed by atoms with Crippen LogP contribution < -0.4 is 5.32 Å². The van der Waals surface area contributed by atoms with Crippen LogP contribution in [0.25, 0.3) is 11.3 Å². The molecule has 1 atom stereocenters. The van der Waals surface area contributed by atoms with E-state index < -0.39 is 18.0 Å². The number of nitrogens with one attached hydrogen (secondary N) is 1. The zero-order valence-corrected chi connectivity index (χ0v) is 16.9. The smallest absolute Gasteiger partial charge is 0.307 e. The van der Waals surface area contributed by atoms with Gasteiger partial charge in [-0.1, -0.05) is 30.3 Å². The number of Topliss-reactive ketones (excluding diaryl/α,β-unsaturated/α-hetero) is 1. The molecule has 0 aliphatic heterocycles. The first-order valence-corrected chi connectivity index (χ1v) is 9.68. The standard InChI is InChI=1S/C24H23NO5/c1-16(26)18-8-10-20(11-9-18)25-24(28)17(2)29-23(27)15-13-21-12-14-22(30-21)19-6-4-3-5-7-19/h3-12,14,17H,13,15H2,1-2H3,(H,25,28). The third kappa shape index (κ3) is 5.67. The number of ether oxygens (including phenoxy) is 1.